The summed E-state index contributed by atoms with van der Waals surface area (Å²) in [4.78, 5) is 0. The Morgan fingerprint density at radius 1 is 0.842 bits per heavy atom. The van der Waals surface area contributed by atoms with Crippen LogP contribution in [0, 0.1) is 0 Å². The van der Waals surface area contributed by atoms with Gasteiger partial charge in [-0.15, -0.1) is 0 Å². The van der Waals surface area contributed by atoms with E-state index in [9.17, 15) is 0 Å². The number of unbranched alkanes of at least 4 members (excludes halogenated alkanes) is 4. The zero-order valence-electron chi connectivity index (χ0n) is 14.3. The van der Waals surface area contributed by atoms with Crippen LogP contribution in [-0.2, 0) is 4.43 Å². The van der Waals surface area contributed by atoms with E-state index in [1.165, 1.54) is 32.1 Å². The average molecular weight is 285 g/mol. The summed E-state index contributed by atoms with van der Waals surface area (Å²) in [6, 6.07) is 0. The molecule has 114 valence electrons. The van der Waals surface area contributed by atoms with Crippen molar-refractivity contribution in [3.05, 3.63) is 12.3 Å². The Morgan fingerprint density at radius 3 is 1.79 bits per heavy atom. The van der Waals surface area contributed by atoms with E-state index in [2.05, 4.69) is 54.5 Å². The van der Waals surface area contributed by atoms with Crippen LogP contribution in [0.4, 0.5) is 0 Å². The van der Waals surface area contributed by atoms with Gasteiger partial charge in [0.25, 0.3) is 8.32 Å². The molecule has 0 aliphatic rings. The predicted octanol–water partition coefficient (Wildman–Crippen LogP) is 6.66. The van der Waals surface area contributed by atoms with Crippen LogP contribution in [0.3, 0.4) is 0 Å². The lowest BCUT2D eigenvalue weighted by Gasteiger charge is -2.41. The first kappa shape index (κ1) is 18.8. The van der Waals surface area contributed by atoms with Crippen molar-refractivity contribution in [3.8, 4) is 0 Å². The van der Waals surface area contributed by atoms with Gasteiger partial charge in [-0.05, 0) is 29.5 Å². The van der Waals surface area contributed by atoms with Crippen molar-refractivity contribution in [2.45, 2.75) is 97.2 Å². The minimum absolute atomic E-state index is 0.664. The normalized spacial score (nSPS) is 13.2. The van der Waals surface area contributed by atoms with Gasteiger partial charge in [0.2, 0.25) is 0 Å². The Bertz CT molecular complexity index is 222. The maximum absolute atomic E-state index is 6.38. The molecule has 1 nitrogen and oxygen atoms in total. The van der Waals surface area contributed by atoms with Crippen LogP contribution < -0.4 is 0 Å². The molecule has 0 aliphatic carbocycles. The van der Waals surface area contributed by atoms with E-state index >= 15 is 0 Å². The standard InChI is InChI=1S/C17H36OSi/c1-8-9-10-11-12-13-14-18-19(15(2)3,16(4)5)17(6)7/h13-17H,8-12H2,1-7H3. The Labute approximate surface area is 123 Å². The number of hydrogen-bond donors (Lipinski definition) is 0. The third kappa shape index (κ3) is 5.72. The first-order chi connectivity index (χ1) is 8.89. The Morgan fingerprint density at radius 2 is 1.37 bits per heavy atom. The lowest BCUT2D eigenvalue weighted by Crippen LogP contribution is -2.46. The van der Waals surface area contributed by atoms with Gasteiger partial charge in [-0.3, -0.25) is 0 Å². The van der Waals surface area contributed by atoms with Crippen LogP contribution in [0.1, 0.15) is 80.6 Å². The van der Waals surface area contributed by atoms with Crippen molar-refractivity contribution in [2.24, 2.45) is 0 Å². The summed E-state index contributed by atoms with van der Waals surface area (Å²) in [5, 5.41) is 0. The summed E-state index contributed by atoms with van der Waals surface area (Å²) in [5.41, 5.74) is 1.99. The van der Waals surface area contributed by atoms with Gasteiger partial charge in [-0.1, -0.05) is 73.8 Å². The highest BCUT2D eigenvalue weighted by atomic mass is 28.4. The van der Waals surface area contributed by atoms with Gasteiger partial charge >= 0.3 is 0 Å². The smallest absolute Gasteiger partial charge is 0.257 e. The number of rotatable bonds is 10. The number of allylic oxidation sites excluding steroid dienone is 1. The van der Waals surface area contributed by atoms with Crippen molar-refractivity contribution >= 4 is 8.32 Å². The van der Waals surface area contributed by atoms with Crippen LogP contribution in [-0.4, -0.2) is 8.32 Å². The molecule has 0 rings (SSSR count). The molecule has 0 saturated carbocycles. The van der Waals surface area contributed by atoms with Gasteiger partial charge in [-0.2, -0.15) is 0 Å². The van der Waals surface area contributed by atoms with E-state index in [0.29, 0.717) is 16.6 Å². The summed E-state index contributed by atoms with van der Waals surface area (Å²) in [6.07, 6.45) is 10.7. The second-order valence-electron chi connectivity index (χ2n) is 6.66. The van der Waals surface area contributed by atoms with E-state index < -0.39 is 8.32 Å². The van der Waals surface area contributed by atoms with Crippen LogP contribution >= 0.6 is 0 Å². The fraction of sp³-hybridized carbons (Fsp3) is 0.882. The average Bonchev–Trinajstić information content (AvgIpc) is 2.31. The molecule has 0 bridgehead atoms. The van der Waals surface area contributed by atoms with E-state index in [1.807, 2.05) is 6.26 Å². The lowest BCUT2D eigenvalue weighted by atomic mass is 10.2. The maximum atomic E-state index is 6.38. The summed E-state index contributed by atoms with van der Waals surface area (Å²) >= 11 is 0. The molecule has 0 N–H and O–H groups in total. The molecule has 0 saturated heterocycles. The highest BCUT2D eigenvalue weighted by molar-refractivity contribution is 6.77. The SMILES string of the molecule is CCCCCCC=CO[Si](C(C)C)(C(C)C)C(C)C. The molecule has 0 fully saturated rings. The first-order valence-electron chi connectivity index (χ1n) is 8.22. The van der Waals surface area contributed by atoms with Gasteiger partial charge < -0.3 is 4.43 Å². The molecule has 0 heterocycles. The molecular weight excluding hydrogens is 248 g/mol. The van der Waals surface area contributed by atoms with Crippen molar-refractivity contribution in [2.75, 3.05) is 0 Å². The van der Waals surface area contributed by atoms with Gasteiger partial charge in [0.15, 0.2) is 0 Å². The van der Waals surface area contributed by atoms with Crippen LogP contribution in [0.5, 0.6) is 0 Å². The third-order valence-corrected chi connectivity index (χ3v) is 10.3. The van der Waals surface area contributed by atoms with E-state index in [-0.39, 0.29) is 0 Å². The van der Waals surface area contributed by atoms with Crippen molar-refractivity contribution in [1.29, 1.82) is 0 Å². The van der Waals surface area contributed by atoms with Gasteiger partial charge in [0, 0.05) is 0 Å². The van der Waals surface area contributed by atoms with E-state index in [1.54, 1.807) is 0 Å². The summed E-state index contributed by atoms with van der Waals surface area (Å²) < 4.78 is 6.38. The molecule has 0 atom stereocenters. The minimum Gasteiger partial charge on any atom is -0.548 e. The molecule has 0 amide bonds. The summed E-state index contributed by atoms with van der Waals surface area (Å²) in [6.45, 7) is 16.3. The zero-order chi connectivity index (χ0) is 14.9. The molecule has 19 heavy (non-hydrogen) atoms. The third-order valence-electron chi connectivity index (χ3n) is 4.30. The lowest BCUT2D eigenvalue weighted by molar-refractivity contribution is 0.414. The molecule has 2 heteroatoms. The molecular formula is C17H36OSi. The van der Waals surface area contributed by atoms with Crippen LogP contribution in [0.25, 0.3) is 0 Å². The maximum Gasteiger partial charge on any atom is 0.257 e. The second kappa shape index (κ2) is 9.63. The predicted molar refractivity (Wildman–Crippen MR) is 90.0 cm³/mol. The highest BCUT2D eigenvalue weighted by Gasteiger charge is 2.46. The molecule has 0 aliphatic heterocycles. The Hall–Kier alpha value is -0.243. The topological polar surface area (TPSA) is 9.23 Å². The quantitative estimate of drug-likeness (QED) is 0.247. The summed E-state index contributed by atoms with van der Waals surface area (Å²) in [7, 11) is -1.69. The molecule has 0 aromatic carbocycles. The van der Waals surface area contributed by atoms with Gasteiger partial charge in [0.1, 0.15) is 0 Å². The summed E-state index contributed by atoms with van der Waals surface area (Å²) in [5.74, 6) is 0. The van der Waals surface area contributed by atoms with Crippen molar-refractivity contribution in [3.63, 3.8) is 0 Å². The fourth-order valence-electron chi connectivity index (χ4n) is 3.33. The van der Waals surface area contributed by atoms with Crippen LogP contribution in [0.15, 0.2) is 12.3 Å². The Kier molecular flexibility index (Phi) is 9.50. The molecule has 0 spiro atoms. The molecule has 0 aromatic heterocycles. The fourth-order valence-corrected chi connectivity index (χ4v) is 8.48. The van der Waals surface area contributed by atoms with E-state index in [4.69, 9.17) is 4.43 Å². The van der Waals surface area contributed by atoms with Crippen LogP contribution in [0.2, 0.25) is 16.6 Å². The second-order valence-corrected chi connectivity index (χ2v) is 12.1. The molecule has 0 radical (unpaired) electrons. The van der Waals surface area contributed by atoms with Crippen molar-refractivity contribution in [1.82, 2.24) is 0 Å². The monoisotopic (exact) mass is 284 g/mol. The van der Waals surface area contributed by atoms with Crippen molar-refractivity contribution < 1.29 is 4.43 Å². The number of hydrogen-bond acceptors (Lipinski definition) is 1. The zero-order valence-corrected chi connectivity index (χ0v) is 15.3. The van der Waals surface area contributed by atoms with E-state index in [0.717, 1.165) is 0 Å². The highest BCUT2D eigenvalue weighted by Crippen LogP contribution is 2.42. The van der Waals surface area contributed by atoms with Gasteiger partial charge in [-0.25, -0.2) is 0 Å². The minimum atomic E-state index is -1.69. The Balaban J connectivity index is 4.39. The largest absolute Gasteiger partial charge is 0.548 e. The van der Waals surface area contributed by atoms with Gasteiger partial charge in [0.05, 0.1) is 6.26 Å². The molecule has 0 unspecified atom stereocenters. The first-order valence-corrected chi connectivity index (χ1v) is 10.4. The molecule has 0 aromatic rings.